The van der Waals surface area contributed by atoms with Gasteiger partial charge < -0.3 is 4.90 Å². The highest BCUT2D eigenvalue weighted by Crippen LogP contribution is 2.24. The van der Waals surface area contributed by atoms with Crippen LogP contribution in [0.4, 0.5) is 0 Å². The monoisotopic (exact) mass is 352 g/mol. The van der Waals surface area contributed by atoms with Crippen molar-refractivity contribution in [3.05, 3.63) is 47.3 Å². The molecule has 5 nitrogen and oxygen atoms in total. The maximum Gasteiger partial charge on any atom is 0.257 e. The summed E-state index contributed by atoms with van der Waals surface area (Å²) in [4.78, 5) is 17.7. The Kier molecular flexibility index (Phi) is 4.81. The lowest BCUT2D eigenvalue weighted by atomic mass is 10.1. The molecule has 0 N–H and O–H groups in total. The minimum Gasteiger partial charge on any atom is -0.337 e. The summed E-state index contributed by atoms with van der Waals surface area (Å²) >= 11 is 0. The number of rotatable bonds is 4. The van der Waals surface area contributed by atoms with Gasteiger partial charge in [0.15, 0.2) is 0 Å². The van der Waals surface area contributed by atoms with E-state index >= 15 is 0 Å². The van der Waals surface area contributed by atoms with E-state index in [-0.39, 0.29) is 5.91 Å². The van der Waals surface area contributed by atoms with Gasteiger partial charge in [-0.3, -0.25) is 9.69 Å². The molecule has 0 spiro atoms. The van der Waals surface area contributed by atoms with E-state index in [1.54, 1.807) is 6.20 Å². The molecule has 0 bridgehead atoms. The van der Waals surface area contributed by atoms with Crippen molar-refractivity contribution in [2.24, 2.45) is 0 Å². The highest BCUT2D eigenvalue weighted by atomic mass is 16.2. The fraction of sp³-hybridized carbons (Fsp3) is 0.524. The number of benzene rings is 1. The lowest BCUT2D eigenvalue weighted by Gasteiger charge is -2.23. The third kappa shape index (κ3) is 3.16. The Morgan fingerprint density at radius 1 is 1.15 bits per heavy atom. The molecule has 1 aromatic carbocycles. The van der Waals surface area contributed by atoms with Gasteiger partial charge in [-0.25, -0.2) is 4.68 Å². The van der Waals surface area contributed by atoms with Gasteiger partial charge in [-0.1, -0.05) is 24.6 Å². The summed E-state index contributed by atoms with van der Waals surface area (Å²) in [6.45, 7) is 8.27. The van der Waals surface area contributed by atoms with Crippen LogP contribution in [0.1, 0.15) is 47.8 Å². The Labute approximate surface area is 155 Å². The van der Waals surface area contributed by atoms with Crippen molar-refractivity contribution >= 4 is 5.91 Å². The van der Waals surface area contributed by atoms with Crippen molar-refractivity contribution < 1.29 is 4.79 Å². The number of aryl methyl sites for hydroxylation is 1. The molecule has 5 heteroatoms. The molecule has 4 rings (SSSR count). The van der Waals surface area contributed by atoms with Crippen LogP contribution < -0.4 is 0 Å². The molecule has 1 aromatic heterocycles. The molecule has 0 radical (unpaired) electrons. The summed E-state index contributed by atoms with van der Waals surface area (Å²) in [5.74, 6) is 0.141. The molecule has 26 heavy (non-hydrogen) atoms. The number of carbonyl (C=O) groups excluding carboxylic acids is 1. The van der Waals surface area contributed by atoms with E-state index in [2.05, 4.69) is 48.1 Å². The van der Waals surface area contributed by atoms with Gasteiger partial charge in [0.05, 0.1) is 23.1 Å². The molecule has 0 aliphatic carbocycles. The molecule has 2 aromatic rings. The fourth-order valence-corrected chi connectivity index (χ4v) is 4.30. The van der Waals surface area contributed by atoms with E-state index in [4.69, 9.17) is 0 Å². The van der Waals surface area contributed by atoms with Crippen LogP contribution in [0.2, 0.25) is 0 Å². The van der Waals surface area contributed by atoms with E-state index < -0.39 is 0 Å². The average Bonchev–Trinajstić information content (AvgIpc) is 3.40. The highest BCUT2D eigenvalue weighted by Gasteiger charge is 2.33. The normalized spacial score (nSPS) is 20.8. The Bertz CT molecular complexity index is 774. The molecule has 2 saturated heterocycles. The fourth-order valence-electron chi connectivity index (χ4n) is 4.30. The van der Waals surface area contributed by atoms with Gasteiger partial charge in [0, 0.05) is 19.1 Å². The molecule has 2 aliphatic heterocycles. The standard InChI is InChI=1S/C21H28N4O/c1-3-20-19(14-22-25(20)17-8-6-16(2)7-9-17)21(26)24-13-10-18(15-24)23-11-4-5-12-23/h6-9,14,18H,3-5,10-13,15H2,1-2H3/t18-/m1/s1. The molecule has 1 atom stereocenters. The van der Waals surface area contributed by atoms with Gasteiger partial charge in [0.1, 0.15) is 0 Å². The van der Waals surface area contributed by atoms with Crippen LogP contribution in [0.25, 0.3) is 5.69 Å². The molecule has 2 aliphatic rings. The van der Waals surface area contributed by atoms with Crippen molar-refractivity contribution in [2.45, 2.75) is 45.6 Å². The second-order valence-electron chi connectivity index (χ2n) is 7.54. The Hall–Kier alpha value is -2.14. The first-order valence-electron chi connectivity index (χ1n) is 9.84. The second kappa shape index (κ2) is 7.23. The molecule has 0 unspecified atom stereocenters. The molecule has 0 saturated carbocycles. The predicted molar refractivity (Wildman–Crippen MR) is 103 cm³/mol. The van der Waals surface area contributed by atoms with E-state index in [0.717, 1.165) is 42.9 Å². The summed E-state index contributed by atoms with van der Waals surface area (Å²) in [5.41, 5.74) is 4.00. The summed E-state index contributed by atoms with van der Waals surface area (Å²) in [5, 5.41) is 4.53. The quantitative estimate of drug-likeness (QED) is 0.849. The van der Waals surface area contributed by atoms with Gasteiger partial charge >= 0.3 is 0 Å². The van der Waals surface area contributed by atoms with E-state index in [1.807, 2.05) is 9.58 Å². The molecule has 138 valence electrons. The van der Waals surface area contributed by atoms with Crippen LogP contribution in [0.3, 0.4) is 0 Å². The summed E-state index contributed by atoms with van der Waals surface area (Å²) in [6, 6.07) is 8.83. The smallest absolute Gasteiger partial charge is 0.257 e. The molecule has 3 heterocycles. The SMILES string of the molecule is CCc1c(C(=O)N2CC[C@@H](N3CCCC3)C2)cnn1-c1ccc(C)cc1. The molecular formula is C21H28N4O. The van der Waals surface area contributed by atoms with Gasteiger partial charge in [-0.05, 0) is 57.8 Å². The van der Waals surface area contributed by atoms with Gasteiger partial charge in [-0.15, -0.1) is 0 Å². The van der Waals surface area contributed by atoms with Crippen molar-refractivity contribution in [3.8, 4) is 5.69 Å². The number of hydrogen-bond donors (Lipinski definition) is 0. The average molecular weight is 352 g/mol. The zero-order valence-corrected chi connectivity index (χ0v) is 15.8. The van der Waals surface area contributed by atoms with Crippen LogP contribution in [-0.4, -0.2) is 57.7 Å². The van der Waals surface area contributed by atoms with E-state index in [0.29, 0.717) is 6.04 Å². The Balaban J connectivity index is 1.54. The summed E-state index contributed by atoms with van der Waals surface area (Å²) < 4.78 is 1.92. The van der Waals surface area contributed by atoms with E-state index in [9.17, 15) is 4.79 Å². The molecular weight excluding hydrogens is 324 g/mol. The Morgan fingerprint density at radius 2 is 1.88 bits per heavy atom. The first-order chi connectivity index (χ1) is 12.7. The number of nitrogens with zero attached hydrogens (tertiary/aromatic N) is 4. The van der Waals surface area contributed by atoms with Crippen molar-refractivity contribution in [3.63, 3.8) is 0 Å². The maximum atomic E-state index is 13.1. The second-order valence-corrected chi connectivity index (χ2v) is 7.54. The Morgan fingerprint density at radius 3 is 2.58 bits per heavy atom. The minimum absolute atomic E-state index is 0.141. The zero-order valence-electron chi connectivity index (χ0n) is 15.8. The number of aromatic nitrogens is 2. The van der Waals surface area contributed by atoms with Crippen molar-refractivity contribution in [1.82, 2.24) is 19.6 Å². The third-order valence-electron chi connectivity index (χ3n) is 5.82. The third-order valence-corrected chi connectivity index (χ3v) is 5.82. The van der Waals surface area contributed by atoms with Crippen LogP contribution in [0, 0.1) is 6.92 Å². The summed E-state index contributed by atoms with van der Waals surface area (Å²) in [6.07, 6.45) is 6.24. The zero-order chi connectivity index (χ0) is 18.1. The number of carbonyl (C=O) groups is 1. The first kappa shape index (κ1) is 17.3. The number of amides is 1. The topological polar surface area (TPSA) is 41.4 Å². The van der Waals surface area contributed by atoms with Crippen LogP contribution in [-0.2, 0) is 6.42 Å². The lowest BCUT2D eigenvalue weighted by molar-refractivity contribution is 0.0779. The van der Waals surface area contributed by atoms with Crippen LogP contribution in [0.15, 0.2) is 30.5 Å². The first-order valence-corrected chi connectivity index (χ1v) is 9.84. The largest absolute Gasteiger partial charge is 0.337 e. The van der Waals surface area contributed by atoms with Crippen molar-refractivity contribution in [1.29, 1.82) is 0 Å². The van der Waals surface area contributed by atoms with Crippen LogP contribution >= 0.6 is 0 Å². The number of likely N-dealkylation sites (tertiary alicyclic amines) is 2. The maximum absolute atomic E-state index is 13.1. The molecule has 2 fully saturated rings. The number of hydrogen-bond acceptors (Lipinski definition) is 3. The van der Waals surface area contributed by atoms with Crippen molar-refractivity contribution in [2.75, 3.05) is 26.2 Å². The molecule has 1 amide bonds. The highest BCUT2D eigenvalue weighted by molar-refractivity contribution is 5.95. The van der Waals surface area contributed by atoms with Gasteiger partial charge in [0.2, 0.25) is 0 Å². The lowest BCUT2D eigenvalue weighted by Crippen LogP contribution is -2.37. The predicted octanol–water partition coefficient (Wildman–Crippen LogP) is 3.05. The van der Waals surface area contributed by atoms with Gasteiger partial charge in [-0.2, -0.15) is 5.10 Å². The summed E-state index contributed by atoms with van der Waals surface area (Å²) in [7, 11) is 0. The van der Waals surface area contributed by atoms with E-state index in [1.165, 1.54) is 31.5 Å². The minimum atomic E-state index is 0.141. The van der Waals surface area contributed by atoms with Gasteiger partial charge in [0.25, 0.3) is 5.91 Å². The van der Waals surface area contributed by atoms with Crippen LogP contribution in [0.5, 0.6) is 0 Å².